The lowest BCUT2D eigenvalue weighted by Gasteiger charge is -2.14. The number of nitrogens with one attached hydrogen (secondary N) is 1. The third-order valence-corrected chi connectivity index (χ3v) is 3.14. The molecule has 1 atom stereocenters. The number of hydrogen-bond acceptors (Lipinski definition) is 3. The molecular weight excluding hydrogens is 310 g/mol. The third-order valence-electron chi connectivity index (χ3n) is 2.61. The Balaban J connectivity index is 2.39. The largest absolute Gasteiger partial charge is 0.466 e. The Hall–Kier alpha value is -1.36. The monoisotopic (exact) mass is 327 g/mol. The van der Waals surface area contributed by atoms with Crippen LogP contribution in [0.5, 0.6) is 0 Å². The molecule has 1 amide bonds. The first-order valence-electron chi connectivity index (χ1n) is 6.23. The molecule has 1 aromatic rings. The van der Waals surface area contributed by atoms with E-state index in [0.717, 1.165) is 10.0 Å². The quantitative estimate of drug-likeness (QED) is 0.817. The second-order valence-electron chi connectivity index (χ2n) is 4.15. The number of carbonyl (C=O) groups excluding carboxylic acids is 2. The standard InChI is InChI=1S/C14H18BrNO3/c1-3-19-14(18)9-8-13(17)16-10(2)11-4-6-12(15)7-5-11/h4-7,10H,3,8-9H2,1-2H3,(H,16,17)/t10-/m1/s1. The molecule has 0 radical (unpaired) electrons. The van der Waals surface area contributed by atoms with Crippen LogP contribution >= 0.6 is 15.9 Å². The van der Waals surface area contributed by atoms with Gasteiger partial charge in [-0.3, -0.25) is 9.59 Å². The zero-order valence-corrected chi connectivity index (χ0v) is 12.7. The summed E-state index contributed by atoms with van der Waals surface area (Å²) in [5.74, 6) is -0.489. The van der Waals surface area contributed by atoms with Crippen molar-refractivity contribution in [3.8, 4) is 0 Å². The number of hydrogen-bond donors (Lipinski definition) is 1. The van der Waals surface area contributed by atoms with Gasteiger partial charge in [0.25, 0.3) is 0 Å². The molecule has 0 bridgehead atoms. The molecule has 0 heterocycles. The first-order valence-corrected chi connectivity index (χ1v) is 7.02. The number of rotatable bonds is 6. The number of esters is 1. The van der Waals surface area contributed by atoms with Gasteiger partial charge in [-0.15, -0.1) is 0 Å². The molecule has 1 N–H and O–H groups in total. The van der Waals surface area contributed by atoms with Crippen molar-refractivity contribution in [2.45, 2.75) is 32.7 Å². The van der Waals surface area contributed by atoms with E-state index in [0.29, 0.717) is 6.61 Å². The topological polar surface area (TPSA) is 55.4 Å². The van der Waals surface area contributed by atoms with Crippen LogP contribution in [0.4, 0.5) is 0 Å². The molecule has 5 heteroatoms. The molecule has 0 aliphatic heterocycles. The van der Waals surface area contributed by atoms with Gasteiger partial charge in [-0.25, -0.2) is 0 Å². The van der Waals surface area contributed by atoms with Crippen molar-refractivity contribution >= 4 is 27.8 Å². The van der Waals surface area contributed by atoms with Gasteiger partial charge in [-0.2, -0.15) is 0 Å². The van der Waals surface area contributed by atoms with Crippen LogP contribution in [0.15, 0.2) is 28.7 Å². The fourth-order valence-corrected chi connectivity index (χ4v) is 1.86. The minimum absolute atomic E-state index is 0.0807. The molecule has 0 fully saturated rings. The van der Waals surface area contributed by atoms with E-state index in [1.54, 1.807) is 6.92 Å². The van der Waals surface area contributed by atoms with Crippen LogP contribution in [-0.4, -0.2) is 18.5 Å². The average molecular weight is 328 g/mol. The Morgan fingerprint density at radius 3 is 2.47 bits per heavy atom. The van der Waals surface area contributed by atoms with Gasteiger partial charge in [0, 0.05) is 10.9 Å². The average Bonchev–Trinajstić information content (AvgIpc) is 2.37. The second kappa shape index (κ2) is 7.94. The Kier molecular flexibility index (Phi) is 6.56. The maximum atomic E-state index is 11.7. The van der Waals surface area contributed by atoms with Crippen molar-refractivity contribution in [3.05, 3.63) is 34.3 Å². The smallest absolute Gasteiger partial charge is 0.306 e. The van der Waals surface area contributed by atoms with E-state index in [9.17, 15) is 9.59 Å². The molecule has 0 spiro atoms. The van der Waals surface area contributed by atoms with Crippen LogP contribution in [0, 0.1) is 0 Å². The zero-order valence-electron chi connectivity index (χ0n) is 11.1. The van der Waals surface area contributed by atoms with Gasteiger partial charge in [0.15, 0.2) is 0 Å². The third kappa shape index (κ3) is 5.87. The highest BCUT2D eigenvalue weighted by molar-refractivity contribution is 9.10. The molecular formula is C14H18BrNO3. The van der Waals surface area contributed by atoms with Gasteiger partial charge in [-0.05, 0) is 31.5 Å². The summed E-state index contributed by atoms with van der Waals surface area (Å²) < 4.78 is 5.77. The lowest BCUT2D eigenvalue weighted by atomic mass is 10.1. The molecule has 4 nitrogen and oxygen atoms in total. The molecule has 0 saturated carbocycles. The Morgan fingerprint density at radius 2 is 1.89 bits per heavy atom. The highest BCUT2D eigenvalue weighted by Gasteiger charge is 2.11. The van der Waals surface area contributed by atoms with E-state index in [1.807, 2.05) is 31.2 Å². The molecule has 1 aromatic carbocycles. The SMILES string of the molecule is CCOC(=O)CCC(=O)N[C@H](C)c1ccc(Br)cc1. The summed E-state index contributed by atoms with van der Waals surface area (Å²) in [5.41, 5.74) is 1.02. The lowest BCUT2D eigenvalue weighted by Crippen LogP contribution is -2.27. The molecule has 0 saturated heterocycles. The summed E-state index contributed by atoms with van der Waals surface area (Å²) in [4.78, 5) is 22.8. The van der Waals surface area contributed by atoms with E-state index in [1.165, 1.54) is 0 Å². The van der Waals surface area contributed by atoms with Crippen LogP contribution in [0.3, 0.4) is 0 Å². The predicted molar refractivity (Wildman–Crippen MR) is 76.6 cm³/mol. The van der Waals surface area contributed by atoms with Crippen LogP contribution in [0.2, 0.25) is 0 Å². The highest BCUT2D eigenvalue weighted by Crippen LogP contribution is 2.16. The summed E-state index contributed by atoms with van der Waals surface area (Å²) in [5, 5.41) is 2.85. The minimum atomic E-state index is -0.339. The zero-order chi connectivity index (χ0) is 14.3. The summed E-state index contributed by atoms with van der Waals surface area (Å²) in [7, 11) is 0. The van der Waals surface area contributed by atoms with Crippen LogP contribution in [0.1, 0.15) is 38.3 Å². The van der Waals surface area contributed by atoms with Crippen LogP contribution < -0.4 is 5.32 Å². The normalized spacial score (nSPS) is 11.7. The number of carbonyl (C=O) groups is 2. The molecule has 0 aliphatic rings. The first kappa shape index (κ1) is 15.7. The van der Waals surface area contributed by atoms with Gasteiger partial charge in [0.05, 0.1) is 19.1 Å². The van der Waals surface area contributed by atoms with Gasteiger partial charge in [0.1, 0.15) is 0 Å². The van der Waals surface area contributed by atoms with Gasteiger partial charge in [-0.1, -0.05) is 28.1 Å². The number of ether oxygens (including phenoxy) is 1. The van der Waals surface area contributed by atoms with Crippen molar-refractivity contribution in [2.75, 3.05) is 6.61 Å². The Bertz CT molecular complexity index is 431. The molecule has 0 aliphatic carbocycles. The fraction of sp³-hybridized carbons (Fsp3) is 0.429. The van der Waals surface area contributed by atoms with E-state index in [-0.39, 0.29) is 30.8 Å². The highest BCUT2D eigenvalue weighted by atomic mass is 79.9. The van der Waals surface area contributed by atoms with Gasteiger partial charge >= 0.3 is 5.97 Å². The summed E-state index contributed by atoms with van der Waals surface area (Å²) >= 11 is 3.36. The first-order chi connectivity index (χ1) is 9.02. The molecule has 19 heavy (non-hydrogen) atoms. The van der Waals surface area contributed by atoms with E-state index < -0.39 is 0 Å². The van der Waals surface area contributed by atoms with Crippen molar-refractivity contribution in [3.63, 3.8) is 0 Å². The van der Waals surface area contributed by atoms with Crippen LogP contribution in [-0.2, 0) is 14.3 Å². The van der Waals surface area contributed by atoms with E-state index in [4.69, 9.17) is 4.74 Å². The van der Waals surface area contributed by atoms with E-state index >= 15 is 0 Å². The second-order valence-corrected chi connectivity index (χ2v) is 5.06. The molecule has 0 unspecified atom stereocenters. The van der Waals surface area contributed by atoms with Crippen molar-refractivity contribution in [2.24, 2.45) is 0 Å². The predicted octanol–water partition coefficient (Wildman–Crippen LogP) is 2.97. The Labute approximate surface area is 121 Å². The maximum Gasteiger partial charge on any atom is 0.306 e. The number of halogens is 1. The fourth-order valence-electron chi connectivity index (χ4n) is 1.60. The summed E-state index contributed by atoms with van der Waals surface area (Å²) in [6.45, 7) is 3.99. The van der Waals surface area contributed by atoms with Crippen molar-refractivity contribution in [1.29, 1.82) is 0 Å². The summed E-state index contributed by atoms with van der Waals surface area (Å²) in [6, 6.07) is 7.66. The lowest BCUT2D eigenvalue weighted by molar-refractivity contribution is -0.144. The van der Waals surface area contributed by atoms with E-state index in [2.05, 4.69) is 21.2 Å². The molecule has 104 valence electrons. The molecule has 1 rings (SSSR count). The maximum absolute atomic E-state index is 11.7. The summed E-state index contributed by atoms with van der Waals surface area (Å²) in [6.07, 6.45) is 0.270. The number of benzene rings is 1. The van der Waals surface area contributed by atoms with Crippen LogP contribution in [0.25, 0.3) is 0 Å². The van der Waals surface area contributed by atoms with Gasteiger partial charge < -0.3 is 10.1 Å². The number of amides is 1. The Morgan fingerprint density at radius 1 is 1.26 bits per heavy atom. The molecule has 0 aromatic heterocycles. The van der Waals surface area contributed by atoms with Gasteiger partial charge in [0.2, 0.25) is 5.91 Å². The van der Waals surface area contributed by atoms with Crippen molar-refractivity contribution in [1.82, 2.24) is 5.32 Å². The van der Waals surface area contributed by atoms with Crippen molar-refractivity contribution < 1.29 is 14.3 Å². The minimum Gasteiger partial charge on any atom is -0.466 e.